The third kappa shape index (κ3) is 3.81. The quantitative estimate of drug-likeness (QED) is 0.839. The van der Waals surface area contributed by atoms with E-state index in [-0.39, 0.29) is 0 Å². The minimum absolute atomic E-state index is 0.448. The zero-order valence-corrected chi connectivity index (χ0v) is 12.8. The number of hydrogen-bond donors (Lipinski definition) is 2. The molecule has 0 saturated heterocycles. The fourth-order valence-electron chi connectivity index (χ4n) is 2.66. The van der Waals surface area contributed by atoms with Gasteiger partial charge in [-0.05, 0) is 40.5 Å². The van der Waals surface area contributed by atoms with Crippen molar-refractivity contribution in [3.63, 3.8) is 0 Å². The van der Waals surface area contributed by atoms with Crippen molar-refractivity contribution >= 4 is 6.09 Å². The summed E-state index contributed by atoms with van der Waals surface area (Å²) in [6.45, 7) is 6.50. The summed E-state index contributed by atoms with van der Waals surface area (Å²) >= 11 is 0. The highest BCUT2D eigenvalue weighted by Crippen LogP contribution is 2.39. The van der Waals surface area contributed by atoms with Crippen LogP contribution < -0.4 is 11.1 Å². The summed E-state index contributed by atoms with van der Waals surface area (Å²) in [5, 5.41) is 2.64. The van der Waals surface area contributed by atoms with Crippen molar-refractivity contribution in [1.82, 2.24) is 5.32 Å². The minimum Gasteiger partial charge on any atom is -0.444 e. The largest absolute Gasteiger partial charge is 0.444 e. The molecule has 0 aromatic heterocycles. The van der Waals surface area contributed by atoms with Gasteiger partial charge in [0.25, 0.3) is 6.43 Å². The van der Waals surface area contributed by atoms with E-state index in [1.54, 1.807) is 20.8 Å². The molecule has 0 aromatic carbocycles. The van der Waals surface area contributed by atoms with E-state index in [4.69, 9.17) is 10.5 Å². The van der Waals surface area contributed by atoms with Crippen molar-refractivity contribution in [2.24, 2.45) is 5.73 Å². The molecule has 0 radical (unpaired) electrons. The van der Waals surface area contributed by atoms with Crippen LogP contribution >= 0.6 is 0 Å². The zero-order valence-electron chi connectivity index (χ0n) is 12.8. The van der Waals surface area contributed by atoms with Gasteiger partial charge in [0, 0.05) is 0 Å². The molecule has 6 heteroatoms. The van der Waals surface area contributed by atoms with E-state index in [0.29, 0.717) is 12.8 Å². The molecule has 20 heavy (non-hydrogen) atoms. The molecule has 1 fully saturated rings. The fraction of sp³-hybridized carbons (Fsp3) is 0.929. The molecule has 4 nitrogen and oxygen atoms in total. The molecule has 0 aromatic rings. The van der Waals surface area contributed by atoms with E-state index in [1.165, 1.54) is 6.92 Å². The van der Waals surface area contributed by atoms with E-state index in [0.717, 1.165) is 19.3 Å². The van der Waals surface area contributed by atoms with Crippen molar-refractivity contribution in [2.75, 3.05) is 0 Å². The SMILES string of the molecule is CC(C)(C)OC(=O)NC1(C(C)(N)C(F)F)CCCCC1. The van der Waals surface area contributed by atoms with Gasteiger partial charge in [-0.15, -0.1) is 0 Å². The smallest absolute Gasteiger partial charge is 0.408 e. The number of nitrogens with one attached hydrogen (secondary N) is 1. The number of halogens is 2. The Kier molecular flexibility index (Phi) is 5.00. The summed E-state index contributed by atoms with van der Waals surface area (Å²) in [6.07, 6.45) is 0.0155. The highest BCUT2D eigenvalue weighted by molar-refractivity contribution is 5.69. The lowest BCUT2D eigenvalue weighted by Crippen LogP contribution is -2.71. The van der Waals surface area contributed by atoms with Gasteiger partial charge >= 0.3 is 6.09 Å². The topological polar surface area (TPSA) is 64.3 Å². The van der Waals surface area contributed by atoms with Gasteiger partial charge in [-0.1, -0.05) is 19.3 Å². The predicted molar refractivity (Wildman–Crippen MR) is 73.8 cm³/mol. The lowest BCUT2D eigenvalue weighted by Gasteiger charge is -2.48. The summed E-state index contributed by atoms with van der Waals surface area (Å²) in [5.41, 5.74) is 2.31. The van der Waals surface area contributed by atoms with E-state index in [2.05, 4.69) is 5.32 Å². The van der Waals surface area contributed by atoms with Crippen LogP contribution in [0.15, 0.2) is 0 Å². The molecule has 1 saturated carbocycles. The third-order valence-electron chi connectivity index (χ3n) is 3.93. The van der Waals surface area contributed by atoms with Crippen molar-refractivity contribution in [1.29, 1.82) is 0 Å². The van der Waals surface area contributed by atoms with Crippen LogP contribution in [0.25, 0.3) is 0 Å². The molecular formula is C14H26F2N2O2. The summed E-state index contributed by atoms with van der Waals surface area (Å²) in [5.74, 6) is 0. The molecular weight excluding hydrogens is 266 g/mol. The Hall–Kier alpha value is -0.910. The van der Waals surface area contributed by atoms with Crippen LogP contribution in [-0.2, 0) is 4.74 Å². The molecule has 0 heterocycles. The second-order valence-corrected chi connectivity index (χ2v) is 6.85. The molecule has 1 rings (SSSR count). The molecule has 0 aliphatic heterocycles. The number of carbonyl (C=O) groups is 1. The predicted octanol–water partition coefficient (Wildman–Crippen LogP) is 3.20. The van der Waals surface area contributed by atoms with Gasteiger partial charge in [-0.25, -0.2) is 13.6 Å². The Bertz CT molecular complexity index is 346. The van der Waals surface area contributed by atoms with Crippen LogP contribution in [0.5, 0.6) is 0 Å². The van der Waals surface area contributed by atoms with Gasteiger partial charge in [0.2, 0.25) is 0 Å². The normalized spacial score (nSPS) is 22.2. The van der Waals surface area contributed by atoms with Gasteiger partial charge in [-0.2, -0.15) is 0 Å². The van der Waals surface area contributed by atoms with Crippen molar-refractivity contribution in [3.05, 3.63) is 0 Å². The summed E-state index contributed by atoms with van der Waals surface area (Å²) in [6, 6.07) is 0. The van der Waals surface area contributed by atoms with Gasteiger partial charge in [0.1, 0.15) is 5.60 Å². The molecule has 1 aliphatic carbocycles. The first-order valence-corrected chi connectivity index (χ1v) is 7.08. The maximum Gasteiger partial charge on any atom is 0.408 e. The number of alkyl halides is 2. The number of alkyl carbamates (subject to hydrolysis) is 1. The average Bonchev–Trinajstić information content (AvgIpc) is 2.26. The molecule has 0 bridgehead atoms. The van der Waals surface area contributed by atoms with Crippen molar-refractivity contribution in [3.8, 4) is 0 Å². The first-order valence-electron chi connectivity index (χ1n) is 7.08. The maximum absolute atomic E-state index is 13.3. The summed E-state index contributed by atoms with van der Waals surface area (Å²) in [7, 11) is 0. The standard InChI is InChI=1S/C14H26F2N2O2/c1-12(2,3)20-11(19)18-14(8-6-5-7-9-14)13(4,17)10(15)16/h10H,5-9,17H2,1-4H3,(H,18,19). The second-order valence-electron chi connectivity index (χ2n) is 6.85. The van der Waals surface area contributed by atoms with Crippen molar-refractivity contribution < 1.29 is 18.3 Å². The first kappa shape index (κ1) is 17.1. The summed E-state index contributed by atoms with van der Waals surface area (Å²) in [4.78, 5) is 12.0. The zero-order chi connectivity index (χ0) is 15.6. The van der Waals surface area contributed by atoms with E-state index >= 15 is 0 Å². The Morgan fingerprint density at radius 3 is 2.10 bits per heavy atom. The molecule has 1 aliphatic rings. The van der Waals surface area contributed by atoms with Crippen LogP contribution in [0.2, 0.25) is 0 Å². The van der Waals surface area contributed by atoms with Crippen LogP contribution in [0.3, 0.4) is 0 Å². The Morgan fingerprint density at radius 1 is 1.20 bits per heavy atom. The lowest BCUT2D eigenvalue weighted by molar-refractivity contribution is -0.0211. The number of ether oxygens (including phenoxy) is 1. The first-order chi connectivity index (χ1) is 9.00. The molecule has 0 spiro atoms. The molecule has 3 N–H and O–H groups in total. The number of rotatable bonds is 3. The van der Waals surface area contributed by atoms with Gasteiger partial charge in [0.05, 0.1) is 11.1 Å². The molecule has 118 valence electrons. The van der Waals surface area contributed by atoms with Crippen LogP contribution in [0.4, 0.5) is 13.6 Å². The number of carbonyl (C=O) groups excluding carboxylic acids is 1. The van der Waals surface area contributed by atoms with E-state index in [1.807, 2.05) is 0 Å². The Labute approximate surface area is 119 Å². The molecule has 1 atom stereocenters. The lowest BCUT2D eigenvalue weighted by atomic mass is 9.69. The number of hydrogen-bond acceptors (Lipinski definition) is 3. The van der Waals surface area contributed by atoms with Crippen LogP contribution in [-0.4, -0.2) is 29.2 Å². The molecule has 1 unspecified atom stereocenters. The minimum atomic E-state index is -2.71. The van der Waals surface area contributed by atoms with Gasteiger partial charge < -0.3 is 15.8 Å². The van der Waals surface area contributed by atoms with Crippen molar-refractivity contribution in [2.45, 2.75) is 82.9 Å². The fourth-order valence-corrected chi connectivity index (χ4v) is 2.66. The Balaban J connectivity index is 2.93. The highest BCUT2D eigenvalue weighted by atomic mass is 19.3. The highest BCUT2D eigenvalue weighted by Gasteiger charge is 2.53. The second kappa shape index (κ2) is 5.84. The van der Waals surface area contributed by atoms with Crippen LogP contribution in [0, 0.1) is 0 Å². The average molecular weight is 292 g/mol. The Morgan fingerprint density at radius 2 is 1.70 bits per heavy atom. The summed E-state index contributed by atoms with van der Waals surface area (Å²) < 4.78 is 31.8. The monoisotopic (exact) mass is 292 g/mol. The van der Waals surface area contributed by atoms with Gasteiger partial charge in [0.15, 0.2) is 0 Å². The van der Waals surface area contributed by atoms with E-state index in [9.17, 15) is 13.6 Å². The third-order valence-corrected chi connectivity index (χ3v) is 3.93. The van der Waals surface area contributed by atoms with Crippen LogP contribution in [0.1, 0.15) is 59.8 Å². The number of nitrogens with two attached hydrogens (primary N) is 1. The van der Waals surface area contributed by atoms with Gasteiger partial charge in [-0.3, -0.25) is 0 Å². The van der Waals surface area contributed by atoms with E-state index < -0.39 is 29.2 Å². The number of amides is 1. The molecule has 1 amide bonds. The maximum atomic E-state index is 13.3.